The van der Waals surface area contributed by atoms with Gasteiger partial charge in [0.05, 0.1) is 0 Å². The summed E-state index contributed by atoms with van der Waals surface area (Å²) < 4.78 is 0. The van der Waals surface area contributed by atoms with Gasteiger partial charge in [0.15, 0.2) is 0 Å². The van der Waals surface area contributed by atoms with E-state index in [1.807, 2.05) is 0 Å². The minimum Gasteiger partial charge on any atom is -0.362 e. The third-order valence-electron chi connectivity index (χ3n) is 6.32. The van der Waals surface area contributed by atoms with Crippen molar-refractivity contribution in [3.8, 4) is 0 Å². The number of likely N-dealkylation sites (tertiary alicyclic amines) is 1. The van der Waals surface area contributed by atoms with Crippen molar-refractivity contribution >= 4 is 11.3 Å². The highest BCUT2D eigenvalue weighted by molar-refractivity contribution is 5.91. The molecule has 1 fully saturated rings. The molecule has 0 radical (unpaired) electrons. The van der Waals surface area contributed by atoms with Gasteiger partial charge in [0, 0.05) is 37.4 Å². The summed E-state index contributed by atoms with van der Waals surface area (Å²) in [5.41, 5.74) is 10.1. The van der Waals surface area contributed by atoms with Crippen LogP contribution in [-0.4, -0.2) is 25.0 Å². The van der Waals surface area contributed by atoms with E-state index in [2.05, 4.69) is 95.7 Å². The summed E-state index contributed by atoms with van der Waals surface area (Å²) in [5.74, 6) is 0. The molecule has 0 spiro atoms. The number of piperidine rings is 1. The maximum Gasteiger partial charge on any atom is 0.0452 e. The molecule has 0 unspecified atom stereocenters. The van der Waals surface area contributed by atoms with E-state index in [-0.39, 0.29) is 0 Å². The highest BCUT2D eigenvalue weighted by Gasteiger charge is 2.26. The molecular formula is C27H28N2. The summed E-state index contributed by atoms with van der Waals surface area (Å²) in [5, 5.41) is 0. The van der Waals surface area contributed by atoms with Gasteiger partial charge in [-0.3, -0.25) is 0 Å². The van der Waals surface area contributed by atoms with Crippen LogP contribution in [0.2, 0.25) is 0 Å². The molecule has 0 atom stereocenters. The molecule has 0 aromatic heterocycles. The van der Waals surface area contributed by atoms with E-state index in [1.165, 1.54) is 33.5 Å². The third-order valence-corrected chi connectivity index (χ3v) is 6.32. The fourth-order valence-corrected chi connectivity index (χ4v) is 4.76. The SMILES string of the molecule is CN1CCC(=C2c3ccccc3CN(Cc3ccccc3)c3ccccc32)CC1. The summed E-state index contributed by atoms with van der Waals surface area (Å²) in [4.78, 5) is 4.99. The lowest BCUT2D eigenvalue weighted by atomic mass is 9.86. The van der Waals surface area contributed by atoms with Crippen LogP contribution in [0.25, 0.3) is 5.57 Å². The Morgan fingerprint density at radius 3 is 2.17 bits per heavy atom. The van der Waals surface area contributed by atoms with Crippen LogP contribution in [0, 0.1) is 0 Å². The van der Waals surface area contributed by atoms with Crippen molar-refractivity contribution in [2.24, 2.45) is 0 Å². The topological polar surface area (TPSA) is 6.48 Å². The summed E-state index contributed by atoms with van der Waals surface area (Å²) in [7, 11) is 2.23. The zero-order valence-corrected chi connectivity index (χ0v) is 17.1. The van der Waals surface area contributed by atoms with E-state index in [9.17, 15) is 0 Å². The normalized spacial score (nSPS) is 16.9. The second-order valence-electron chi connectivity index (χ2n) is 8.30. The van der Waals surface area contributed by atoms with Crippen LogP contribution in [0.3, 0.4) is 0 Å². The fraction of sp³-hybridized carbons (Fsp3) is 0.259. The van der Waals surface area contributed by atoms with Crippen LogP contribution in [0.5, 0.6) is 0 Å². The molecule has 3 aromatic rings. The largest absolute Gasteiger partial charge is 0.362 e. The number of hydrogen-bond donors (Lipinski definition) is 0. The molecular weight excluding hydrogens is 352 g/mol. The molecule has 1 saturated heterocycles. The second-order valence-corrected chi connectivity index (χ2v) is 8.30. The number of anilines is 1. The molecule has 2 aliphatic heterocycles. The summed E-state index contributed by atoms with van der Waals surface area (Å²) >= 11 is 0. The minimum atomic E-state index is 0.928. The first kappa shape index (κ1) is 18.2. The number of benzene rings is 3. The van der Waals surface area contributed by atoms with Crippen LogP contribution in [0.15, 0.2) is 84.4 Å². The average molecular weight is 381 g/mol. The van der Waals surface area contributed by atoms with Gasteiger partial charge in [-0.1, -0.05) is 78.4 Å². The van der Waals surface area contributed by atoms with Crippen molar-refractivity contribution < 1.29 is 0 Å². The van der Waals surface area contributed by atoms with Gasteiger partial charge >= 0.3 is 0 Å². The maximum atomic E-state index is 2.55. The van der Waals surface area contributed by atoms with Crippen molar-refractivity contribution in [2.75, 3.05) is 25.0 Å². The minimum absolute atomic E-state index is 0.928. The van der Waals surface area contributed by atoms with Crippen LogP contribution in [0.4, 0.5) is 5.69 Å². The Labute approximate surface area is 174 Å². The van der Waals surface area contributed by atoms with Gasteiger partial charge in [0.25, 0.3) is 0 Å². The zero-order chi connectivity index (χ0) is 19.6. The van der Waals surface area contributed by atoms with E-state index in [1.54, 1.807) is 5.57 Å². The molecule has 0 bridgehead atoms. The summed E-state index contributed by atoms with van der Waals surface area (Å²) in [6.07, 6.45) is 2.32. The highest BCUT2D eigenvalue weighted by Crippen LogP contribution is 2.42. The molecule has 146 valence electrons. The monoisotopic (exact) mass is 380 g/mol. The van der Waals surface area contributed by atoms with Gasteiger partial charge < -0.3 is 9.80 Å². The lowest BCUT2D eigenvalue weighted by molar-refractivity contribution is 0.313. The number of nitrogens with zero attached hydrogens (tertiary/aromatic N) is 2. The Morgan fingerprint density at radius 2 is 1.38 bits per heavy atom. The predicted octanol–water partition coefficient (Wildman–Crippen LogP) is 5.73. The van der Waals surface area contributed by atoms with Crippen molar-refractivity contribution in [2.45, 2.75) is 25.9 Å². The molecule has 2 heterocycles. The molecule has 0 saturated carbocycles. The lowest BCUT2D eigenvalue weighted by Gasteiger charge is -2.28. The number of para-hydroxylation sites is 1. The van der Waals surface area contributed by atoms with Crippen LogP contribution < -0.4 is 4.90 Å². The standard InChI is InChI=1S/C27H28N2/c1-28-17-15-22(16-18-28)27-24-12-6-5-11-23(24)20-29(19-21-9-3-2-4-10-21)26-14-8-7-13-25(26)27/h2-14H,15-20H2,1H3. The highest BCUT2D eigenvalue weighted by atomic mass is 15.1. The molecule has 3 aromatic carbocycles. The van der Waals surface area contributed by atoms with E-state index < -0.39 is 0 Å². The van der Waals surface area contributed by atoms with Crippen LogP contribution in [-0.2, 0) is 13.1 Å². The molecule has 5 rings (SSSR count). The van der Waals surface area contributed by atoms with Gasteiger partial charge in [-0.05, 0) is 48.2 Å². The van der Waals surface area contributed by atoms with Gasteiger partial charge in [0.1, 0.15) is 0 Å². The summed E-state index contributed by atoms with van der Waals surface area (Å²) in [6.45, 7) is 4.17. The van der Waals surface area contributed by atoms with Crippen molar-refractivity contribution in [1.82, 2.24) is 4.90 Å². The molecule has 0 aliphatic carbocycles. The summed E-state index contributed by atoms with van der Waals surface area (Å²) in [6, 6.07) is 28.9. The Hall–Kier alpha value is -2.84. The average Bonchev–Trinajstić information content (AvgIpc) is 2.90. The van der Waals surface area contributed by atoms with Crippen LogP contribution >= 0.6 is 0 Å². The van der Waals surface area contributed by atoms with Crippen LogP contribution in [0.1, 0.15) is 35.1 Å². The molecule has 2 aliphatic rings. The lowest BCUT2D eigenvalue weighted by Crippen LogP contribution is -2.27. The number of rotatable bonds is 2. The van der Waals surface area contributed by atoms with Gasteiger partial charge in [-0.2, -0.15) is 0 Å². The first-order valence-corrected chi connectivity index (χ1v) is 10.7. The Kier molecular flexibility index (Phi) is 4.95. The quantitative estimate of drug-likeness (QED) is 0.560. The fourth-order valence-electron chi connectivity index (χ4n) is 4.76. The third kappa shape index (κ3) is 3.61. The van der Waals surface area contributed by atoms with E-state index in [4.69, 9.17) is 0 Å². The molecule has 0 N–H and O–H groups in total. The molecule has 2 heteroatoms. The van der Waals surface area contributed by atoms with E-state index in [0.717, 1.165) is 39.0 Å². The number of hydrogen-bond acceptors (Lipinski definition) is 2. The first-order chi connectivity index (χ1) is 14.3. The van der Waals surface area contributed by atoms with E-state index in [0.29, 0.717) is 0 Å². The van der Waals surface area contributed by atoms with Gasteiger partial charge in [-0.15, -0.1) is 0 Å². The first-order valence-electron chi connectivity index (χ1n) is 10.7. The second kappa shape index (κ2) is 7.88. The molecule has 2 nitrogen and oxygen atoms in total. The Balaban J connectivity index is 1.67. The van der Waals surface area contributed by atoms with Gasteiger partial charge in [0.2, 0.25) is 0 Å². The molecule has 29 heavy (non-hydrogen) atoms. The van der Waals surface area contributed by atoms with Crippen molar-refractivity contribution in [1.29, 1.82) is 0 Å². The van der Waals surface area contributed by atoms with Crippen molar-refractivity contribution in [3.63, 3.8) is 0 Å². The Morgan fingerprint density at radius 1 is 0.724 bits per heavy atom. The Bertz CT molecular complexity index is 1030. The predicted molar refractivity (Wildman–Crippen MR) is 122 cm³/mol. The number of fused-ring (bicyclic) bond motifs is 2. The smallest absolute Gasteiger partial charge is 0.0452 e. The van der Waals surface area contributed by atoms with Crippen molar-refractivity contribution in [3.05, 3.63) is 107 Å². The van der Waals surface area contributed by atoms with Gasteiger partial charge in [-0.25, -0.2) is 0 Å². The maximum absolute atomic E-state index is 2.55. The van der Waals surface area contributed by atoms with E-state index >= 15 is 0 Å². The molecule has 0 amide bonds. The zero-order valence-electron chi connectivity index (χ0n) is 17.1.